The van der Waals surface area contributed by atoms with Crippen molar-refractivity contribution in [1.82, 2.24) is 4.98 Å². The summed E-state index contributed by atoms with van der Waals surface area (Å²) < 4.78 is 0. The van der Waals surface area contributed by atoms with Crippen molar-refractivity contribution in [3.05, 3.63) is 59.8 Å². The predicted molar refractivity (Wildman–Crippen MR) is 76.7 cm³/mol. The average Bonchev–Trinajstić information content (AvgIpc) is 2.54. The SMILES string of the molecule is C1=CC2=CC(C=Cc3c2[nH]c2ccccc32)N=C1. The molecule has 0 amide bonds. The van der Waals surface area contributed by atoms with Crippen LogP contribution in [0.1, 0.15) is 11.3 Å². The molecule has 2 aromatic rings. The molecule has 0 radical (unpaired) electrons. The van der Waals surface area contributed by atoms with Crippen LogP contribution in [0.2, 0.25) is 0 Å². The van der Waals surface area contributed by atoms with Crippen LogP contribution in [0.25, 0.3) is 22.6 Å². The summed E-state index contributed by atoms with van der Waals surface area (Å²) in [6.07, 6.45) is 12.5. The Balaban J connectivity index is 2.06. The van der Waals surface area contributed by atoms with Crippen molar-refractivity contribution >= 4 is 28.8 Å². The van der Waals surface area contributed by atoms with E-state index in [4.69, 9.17) is 0 Å². The molecule has 18 heavy (non-hydrogen) atoms. The van der Waals surface area contributed by atoms with Gasteiger partial charge in [-0.1, -0.05) is 36.4 Å². The van der Waals surface area contributed by atoms with Gasteiger partial charge in [0.15, 0.2) is 0 Å². The fraction of sp³-hybridized carbons (Fsp3) is 0.0625. The summed E-state index contributed by atoms with van der Waals surface area (Å²) in [7, 11) is 0. The zero-order valence-electron chi connectivity index (χ0n) is 9.80. The van der Waals surface area contributed by atoms with Crippen molar-refractivity contribution in [3.8, 4) is 0 Å². The van der Waals surface area contributed by atoms with Crippen LogP contribution in [0.15, 0.2) is 53.6 Å². The molecule has 0 fully saturated rings. The fourth-order valence-electron chi connectivity index (χ4n) is 2.61. The van der Waals surface area contributed by atoms with Gasteiger partial charge >= 0.3 is 0 Å². The number of nitrogens with zero attached hydrogens (tertiary/aromatic N) is 1. The zero-order valence-corrected chi connectivity index (χ0v) is 9.80. The first-order valence-corrected chi connectivity index (χ1v) is 6.13. The number of aromatic nitrogens is 1. The van der Waals surface area contributed by atoms with Gasteiger partial charge in [-0.25, -0.2) is 0 Å². The Morgan fingerprint density at radius 1 is 1.11 bits per heavy atom. The Morgan fingerprint density at radius 3 is 3.06 bits per heavy atom. The Hall–Kier alpha value is -2.35. The third kappa shape index (κ3) is 1.32. The Morgan fingerprint density at radius 2 is 2.06 bits per heavy atom. The monoisotopic (exact) mass is 232 g/mol. The molecule has 1 unspecified atom stereocenters. The van der Waals surface area contributed by atoms with E-state index in [9.17, 15) is 0 Å². The second-order valence-electron chi connectivity index (χ2n) is 4.59. The van der Waals surface area contributed by atoms with E-state index in [0.717, 1.165) is 0 Å². The van der Waals surface area contributed by atoms with E-state index >= 15 is 0 Å². The van der Waals surface area contributed by atoms with Crippen molar-refractivity contribution in [2.24, 2.45) is 4.99 Å². The van der Waals surface area contributed by atoms with Crippen molar-refractivity contribution in [3.63, 3.8) is 0 Å². The summed E-state index contributed by atoms with van der Waals surface area (Å²) in [6, 6.07) is 8.56. The maximum atomic E-state index is 4.46. The summed E-state index contributed by atoms with van der Waals surface area (Å²) in [5.74, 6) is 0. The Labute approximate surface area is 105 Å². The number of hydrogen-bond acceptors (Lipinski definition) is 1. The molecule has 1 aliphatic heterocycles. The van der Waals surface area contributed by atoms with Crippen LogP contribution < -0.4 is 0 Å². The lowest BCUT2D eigenvalue weighted by Crippen LogP contribution is -1.93. The number of aromatic amines is 1. The summed E-state index contributed by atoms with van der Waals surface area (Å²) in [6.45, 7) is 0. The molecular weight excluding hydrogens is 220 g/mol. The fourth-order valence-corrected chi connectivity index (χ4v) is 2.61. The van der Waals surface area contributed by atoms with Gasteiger partial charge in [-0.05, 0) is 23.8 Å². The maximum Gasteiger partial charge on any atom is 0.0873 e. The number of benzene rings is 1. The minimum atomic E-state index is 0.148. The first-order chi connectivity index (χ1) is 8.92. The van der Waals surface area contributed by atoms with Gasteiger partial charge in [0.05, 0.1) is 11.7 Å². The topological polar surface area (TPSA) is 28.1 Å². The van der Waals surface area contributed by atoms with Crippen LogP contribution in [0.3, 0.4) is 0 Å². The number of rotatable bonds is 0. The summed E-state index contributed by atoms with van der Waals surface area (Å²) in [5.41, 5.74) is 4.86. The van der Waals surface area contributed by atoms with Crippen LogP contribution in [0.5, 0.6) is 0 Å². The van der Waals surface area contributed by atoms with E-state index in [1.807, 2.05) is 12.3 Å². The number of fused-ring (bicyclic) bond motifs is 5. The molecule has 0 spiro atoms. The number of aliphatic imine (C=N–C) groups is 1. The molecule has 1 atom stereocenters. The van der Waals surface area contributed by atoms with Crippen molar-refractivity contribution in [1.29, 1.82) is 0 Å². The predicted octanol–water partition coefficient (Wildman–Crippen LogP) is 3.59. The quantitative estimate of drug-likeness (QED) is 0.719. The molecule has 2 nitrogen and oxygen atoms in total. The van der Waals surface area contributed by atoms with E-state index in [0.29, 0.717) is 0 Å². The van der Waals surface area contributed by atoms with Gasteiger partial charge in [0.25, 0.3) is 0 Å². The number of para-hydroxylation sites is 1. The van der Waals surface area contributed by atoms with Crippen molar-refractivity contribution in [2.75, 3.05) is 0 Å². The number of hydrogen-bond donors (Lipinski definition) is 1. The van der Waals surface area contributed by atoms with E-state index in [1.54, 1.807) is 0 Å². The van der Waals surface area contributed by atoms with Gasteiger partial charge in [-0.15, -0.1) is 0 Å². The first-order valence-electron chi connectivity index (χ1n) is 6.13. The van der Waals surface area contributed by atoms with Crippen molar-refractivity contribution < 1.29 is 0 Å². The van der Waals surface area contributed by atoms with Gasteiger partial charge in [-0.2, -0.15) is 0 Å². The smallest absolute Gasteiger partial charge is 0.0873 e. The highest BCUT2D eigenvalue weighted by Gasteiger charge is 2.16. The number of allylic oxidation sites excluding steroid dienone is 3. The second-order valence-corrected chi connectivity index (χ2v) is 4.59. The van der Waals surface area contributed by atoms with Gasteiger partial charge in [0, 0.05) is 22.7 Å². The Kier molecular flexibility index (Phi) is 1.92. The molecule has 1 aromatic carbocycles. The molecule has 1 aromatic heterocycles. The van der Waals surface area contributed by atoms with Gasteiger partial charge in [0.2, 0.25) is 0 Å². The van der Waals surface area contributed by atoms with Crippen LogP contribution in [-0.2, 0) is 0 Å². The highest BCUT2D eigenvalue weighted by Crippen LogP contribution is 2.32. The van der Waals surface area contributed by atoms with Crippen LogP contribution in [0.4, 0.5) is 0 Å². The summed E-state index contributed by atoms with van der Waals surface area (Å²) in [4.78, 5) is 7.97. The molecule has 2 bridgehead atoms. The molecule has 1 aliphatic carbocycles. The first kappa shape index (κ1) is 9.66. The van der Waals surface area contributed by atoms with Gasteiger partial charge in [-0.3, -0.25) is 4.99 Å². The second kappa shape index (κ2) is 3.57. The molecule has 2 aliphatic rings. The van der Waals surface area contributed by atoms with Crippen LogP contribution in [-0.4, -0.2) is 17.2 Å². The molecular formula is C16H12N2. The zero-order chi connectivity index (χ0) is 11.9. The molecule has 4 rings (SSSR count). The van der Waals surface area contributed by atoms with E-state index < -0.39 is 0 Å². The van der Waals surface area contributed by atoms with Gasteiger partial charge in [0.1, 0.15) is 0 Å². The standard InChI is InChI=1S/C16H12N2/c1-2-6-15-13(5-1)14-8-7-12-10-11(16(14)18-15)4-3-9-17-12/h1-10,12,18H. The minimum absolute atomic E-state index is 0.148. The average molecular weight is 232 g/mol. The largest absolute Gasteiger partial charge is 0.354 e. The summed E-state index contributed by atoms with van der Waals surface area (Å²) >= 11 is 0. The molecule has 1 N–H and O–H groups in total. The third-order valence-electron chi connectivity index (χ3n) is 3.47. The minimum Gasteiger partial charge on any atom is -0.354 e. The molecule has 86 valence electrons. The van der Waals surface area contributed by atoms with E-state index in [1.165, 1.54) is 27.7 Å². The normalized spacial score (nSPS) is 20.4. The third-order valence-corrected chi connectivity index (χ3v) is 3.47. The lowest BCUT2D eigenvalue weighted by molar-refractivity contribution is 1.05. The molecule has 2 heterocycles. The lowest BCUT2D eigenvalue weighted by atomic mass is 10.1. The van der Waals surface area contributed by atoms with E-state index in [-0.39, 0.29) is 6.04 Å². The van der Waals surface area contributed by atoms with Crippen LogP contribution >= 0.6 is 0 Å². The maximum absolute atomic E-state index is 4.46. The molecule has 0 saturated carbocycles. The molecule has 0 saturated heterocycles. The summed E-state index contributed by atoms with van der Waals surface area (Å²) in [5, 5.41) is 1.27. The Bertz CT molecular complexity index is 742. The van der Waals surface area contributed by atoms with Crippen molar-refractivity contribution in [2.45, 2.75) is 6.04 Å². The van der Waals surface area contributed by atoms with Crippen LogP contribution in [0, 0.1) is 0 Å². The highest BCUT2D eigenvalue weighted by molar-refractivity contribution is 5.98. The number of nitrogens with one attached hydrogen (secondary N) is 1. The number of H-pyrrole nitrogens is 1. The lowest BCUT2D eigenvalue weighted by Gasteiger charge is -2.00. The van der Waals surface area contributed by atoms with E-state index in [2.05, 4.69) is 58.5 Å². The molecule has 2 heteroatoms. The van der Waals surface area contributed by atoms with Gasteiger partial charge < -0.3 is 4.98 Å². The highest BCUT2D eigenvalue weighted by atomic mass is 14.8.